The van der Waals surface area contributed by atoms with Crippen LogP contribution in [0, 0.1) is 17.9 Å². The number of aromatic nitrogens is 2. The Morgan fingerprint density at radius 2 is 0.633 bits per heavy atom. The first kappa shape index (κ1) is 53.7. The second-order valence-electron chi connectivity index (χ2n) is 31.5. The predicted octanol–water partition coefficient (Wildman–Crippen LogP) is 23.1. The molecule has 0 atom stereocenters. The van der Waals surface area contributed by atoms with Crippen LogP contribution in [0.4, 0.5) is 5.69 Å². The van der Waals surface area contributed by atoms with Crippen molar-refractivity contribution >= 4 is 81.9 Å². The van der Waals surface area contributed by atoms with Gasteiger partial charge in [0, 0.05) is 70.3 Å². The molecule has 0 unspecified atom stereocenters. The molecule has 0 saturated carbocycles. The minimum atomic E-state index is -0.749. The summed E-state index contributed by atoms with van der Waals surface area (Å²) in [5.41, 5.74) is 32.1. The zero-order chi connectivity index (χ0) is 65.2. The minimum Gasteiger partial charge on any atom is -0.309 e. The molecule has 13 aromatic carbocycles. The molecule has 6 aliphatic carbocycles. The topological polar surface area (TPSA) is 37.0 Å². The molecule has 0 radical (unpaired) electrons. The maximum absolute atomic E-state index is 12.8. The second kappa shape index (κ2) is 17.2. The molecule has 0 fully saturated rings. The van der Waals surface area contributed by atoms with Crippen molar-refractivity contribution in [3.05, 3.63) is 338 Å². The summed E-state index contributed by atoms with van der Waals surface area (Å²) in [5.74, 6) is 0. The van der Waals surface area contributed by atoms with Crippen LogP contribution < -0.4 is 0 Å². The molecule has 0 aliphatic heterocycles. The van der Waals surface area contributed by atoms with Gasteiger partial charge in [-0.3, -0.25) is 0 Å². The summed E-state index contributed by atoms with van der Waals surface area (Å²) in [4.78, 5) is 4.96. The lowest BCUT2D eigenvalue weighted by atomic mass is 9.67. The summed E-state index contributed by atoms with van der Waals surface area (Å²) >= 11 is 0. The Hall–Kier alpha value is -11.6. The van der Waals surface area contributed by atoms with Crippen molar-refractivity contribution in [3.63, 3.8) is 0 Å². The van der Waals surface area contributed by atoms with Crippen molar-refractivity contribution in [1.29, 1.82) is 5.26 Å². The maximum atomic E-state index is 12.8. The average Bonchev–Trinajstić information content (AvgIpc) is 1.46. The summed E-state index contributed by atoms with van der Waals surface area (Å²) in [5, 5.41) is 22.5. The summed E-state index contributed by atoms with van der Waals surface area (Å²) in [6.07, 6.45) is 1.40. The Balaban J connectivity index is 1.05. The molecule has 4 heterocycles. The van der Waals surface area contributed by atoms with E-state index in [9.17, 15) is 11.8 Å². The van der Waals surface area contributed by atoms with E-state index >= 15 is 0 Å². The highest BCUT2D eigenvalue weighted by molar-refractivity contribution is 6.46. The van der Waals surface area contributed by atoms with E-state index in [0.29, 0.717) is 24.1 Å². The highest BCUT2D eigenvalue weighted by Crippen LogP contribution is 2.75. The first-order valence-corrected chi connectivity index (χ1v) is 34.9. The molecule has 4 nitrogen and oxygen atoms in total. The van der Waals surface area contributed by atoms with Gasteiger partial charge in [0.2, 0.25) is 0 Å². The summed E-state index contributed by atoms with van der Waals surface area (Å²) in [7, 11) is 0. The highest BCUT2D eigenvalue weighted by atomic mass is 15.0. The smallest absolute Gasteiger partial charge is 0.194 e. The Morgan fingerprint density at radius 1 is 0.337 bits per heavy atom. The van der Waals surface area contributed by atoms with Crippen molar-refractivity contribution in [2.75, 3.05) is 0 Å². The molecule has 98 heavy (non-hydrogen) atoms. The van der Waals surface area contributed by atoms with Gasteiger partial charge in [-0.1, -0.05) is 248 Å². The highest BCUT2D eigenvalue weighted by Gasteiger charge is 2.65. The molecule has 23 rings (SSSR count). The van der Waals surface area contributed by atoms with Crippen molar-refractivity contribution in [3.8, 4) is 50.6 Å². The molecule has 6 aliphatic rings. The predicted molar refractivity (Wildman–Crippen MR) is 400 cm³/mol. The van der Waals surface area contributed by atoms with Crippen molar-refractivity contribution < 1.29 is 0 Å². The molecular weight excluding hydrogens is 1190 g/mol. The zero-order valence-corrected chi connectivity index (χ0v) is 55.3. The van der Waals surface area contributed by atoms with E-state index in [4.69, 9.17) is 4.85 Å². The van der Waals surface area contributed by atoms with Crippen LogP contribution in [0.3, 0.4) is 0 Å². The van der Waals surface area contributed by atoms with Crippen molar-refractivity contribution in [2.24, 2.45) is 0 Å². The number of hydrogen-bond donors (Lipinski definition) is 0. The van der Waals surface area contributed by atoms with Gasteiger partial charge in [0.25, 0.3) is 0 Å². The van der Waals surface area contributed by atoms with Gasteiger partial charge in [-0.25, -0.2) is 4.85 Å². The van der Waals surface area contributed by atoms with E-state index in [0.717, 1.165) is 27.7 Å². The fourth-order valence-corrected chi connectivity index (χ4v) is 22.1. The van der Waals surface area contributed by atoms with Crippen LogP contribution in [-0.4, -0.2) is 8.80 Å². The molecule has 0 saturated heterocycles. The summed E-state index contributed by atoms with van der Waals surface area (Å²) < 4.78 is 5.29. The van der Waals surface area contributed by atoms with Gasteiger partial charge < -0.3 is 8.80 Å². The maximum Gasteiger partial charge on any atom is 0.194 e. The molecule has 17 aromatic rings. The van der Waals surface area contributed by atoms with Crippen LogP contribution in [0.15, 0.2) is 243 Å². The zero-order valence-electron chi connectivity index (χ0n) is 55.3. The van der Waals surface area contributed by atoms with Crippen molar-refractivity contribution in [1.82, 2.24) is 8.80 Å². The Kier molecular flexibility index (Phi) is 9.39. The van der Waals surface area contributed by atoms with E-state index in [-0.39, 0.29) is 10.8 Å². The number of rotatable bonds is 0. The van der Waals surface area contributed by atoms with Gasteiger partial charge in [-0.05, 0) is 182 Å². The van der Waals surface area contributed by atoms with Crippen LogP contribution in [0.1, 0.15) is 138 Å². The SMILES string of the molecule is [C-]#[N+]c1cc2c(c3c1C1(CC34c3ccccc3-c3ccccc34)c3ccccc3-c3ccccc31)c1c3c4cc(C(C)(C)C)ccc4n4c5ccc(C(C)(C)C)cc5c(c5c6c7c(c(C#N)cc6n2c51)C1(CC72c5ccccc5-c5ccccc52)c2ccccc2-c2ccccc21)c34. The third kappa shape index (κ3) is 5.65. The van der Waals surface area contributed by atoms with Gasteiger partial charge in [-0.15, -0.1) is 0 Å². The summed E-state index contributed by atoms with van der Waals surface area (Å²) in [6, 6.07) is 96.0. The van der Waals surface area contributed by atoms with E-state index in [2.05, 4.69) is 299 Å². The van der Waals surface area contributed by atoms with Crippen LogP contribution in [0.25, 0.3) is 126 Å². The fraction of sp³-hybridized carbons (Fsp3) is 0.149. The molecule has 4 heteroatoms. The molecule has 458 valence electrons. The van der Waals surface area contributed by atoms with Gasteiger partial charge in [0.15, 0.2) is 5.69 Å². The fourth-order valence-electron chi connectivity index (χ4n) is 22.1. The molecule has 0 N–H and O–H groups in total. The van der Waals surface area contributed by atoms with Gasteiger partial charge in [0.1, 0.15) is 0 Å². The summed E-state index contributed by atoms with van der Waals surface area (Å²) in [6.45, 7) is 24.1. The third-order valence-electron chi connectivity index (χ3n) is 25.5. The average molecular weight is 1250 g/mol. The van der Waals surface area contributed by atoms with E-state index < -0.39 is 21.7 Å². The molecule has 4 aromatic heterocycles. The van der Waals surface area contributed by atoms with Gasteiger partial charge in [-0.2, -0.15) is 5.26 Å². The number of nitrogens with zero attached hydrogens (tertiary/aromatic N) is 4. The molecular formula is C94H62N4. The Morgan fingerprint density at radius 3 is 0.969 bits per heavy atom. The number of benzene rings is 13. The quantitative estimate of drug-likeness (QED) is 0.139. The van der Waals surface area contributed by atoms with Crippen LogP contribution >= 0.6 is 0 Å². The third-order valence-corrected chi connectivity index (χ3v) is 25.5. The lowest BCUT2D eigenvalue weighted by Gasteiger charge is -2.34. The van der Waals surface area contributed by atoms with Crippen LogP contribution in [-0.2, 0) is 32.5 Å². The van der Waals surface area contributed by atoms with E-state index in [1.165, 1.54) is 171 Å². The van der Waals surface area contributed by atoms with Crippen molar-refractivity contribution in [2.45, 2.75) is 86.9 Å². The number of hydrogen-bond acceptors (Lipinski definition) is 1. The molecule has 0 amide bonds. The van der Waals surface area contributed by atoms with Gasteiger partial charge >= 0.3 is 0 Å². The normalized spacial score (nSPS) is 16.3. The van der Waals surface area contributed by atoms with E-state index in [1.54, 1.807) is 0 Å². The Bertz CT molecular complexity index is 6170. The largest absolute Gasteiger partial charge is 0.309 e. The minimum absolute atomic E-state index is 0.168. The van der Waals surface area contributed by atoms with Gasteiger partial charge in [0.05, 0.1) is 45.8 Å². The first-order chi connectivity index (χ1) is 47.8. The lowest BCUT2D eigenvalue weighted by molar-refractivity contribution is 0.515. The van der Waals surface area contributed by atoms with E-state index in [1.807, 2.05) is 0 Å². The van der Waals surface area contributed by atoms with Crippen LogP contribution in [0.5, 0.6) is 0 Å². The molecule has 4 spiro atoms. The van der Waals surface area contributed by atoms with Crippen LogP contribution in [0.2, 0.25) is 0 Å². The Labute approximate surface area is 567 Å². The monoisotopic (exact) mass is 1250 g/mol. The lowest BCUT2D eigenvalue weighted by Crippen LogP contribution is -2.30. The first-order valence-electron chi connectivity index (χ1n) is 34.9. The number of fused-ring (bicyclic) bond motifs is 42. The molecule has 0 bridgehead atoms. The second-order valence-corrected chi connectivity index (χ2v) is 31.5. The number of nitriles is 1. The standard InChI is InChI=1S/C94H62N4/c1-89(2,3)52-40-42-73-62(45-52)77-81-79-75(44-51(48-95)83-85(79)93(68-36-20-12-28-58(68)59-29-13-21-37-69(59)93)49-91(83)64-32-16-8-24-54(64)55-25-9-17-33-65(55)91)98-76-47-72(96-7)84-86(80(76)82(88(81)98)78-63-46-53(90(4,5)6)41-43-74(63)97(73)87(77)78)94(70-38-22-14-30-60(70)61-31-15-23-39-71(61)94)50-92(84)66-34-18-10-26-56(66)57-27-11-19-35-67(57)92/h8-47H,49-50H2,1-6H3.